The first-order valence-corrected chi connectivity index (χ1v) is 9.20. The Balaban J connectivity index is 1.42. The molecule has 0 aliphatic heterocycles. The van der Waals surface area contributed by atoms with Crippen LogP contribution in [0.2, 0.25) is 5.02 Å². The normalized spacial score (nSPS) is 19.1. The maximum absolute atomic E-state index is 12.1. The van der Waals surface area contributed by atoms with Crippen LogP contribution in [0.15, 0.2) is 48.5 Å². The first-order chi connectivity index (χ1) is 13.0. The number of halogens is 1. The first-order valence-electron chi connectivity index (χ1n) is 8.83. The molecule has 3 N–H and O–H groups in total. The molecule has 142 valence electrons. The molecule has 0 atom stereocenters. The van der Waals surface area contributed by atoms with Crippen molar-refractivity contribution in [3.63, 3.8) is 0 Å². The van der Waals surface area contributed by atoms with E-state index in [1.54, 1.807) is 36.4 Å². The SMILES string of the molecule is O=C(Nc1ccc(Cl)cc1)NC1CCC(Oc2ccc(C(=O)O)cc2)CC1. The van der Waals surface area contributed by atoms with Gasteiger partial charge in [0.15, 0.2) is 0 Å². The van der Waals surface area contributed by atoms with Gasteiger partial charge < -0.3 is 20.5 Å². The zero-order chi connectivity index (χ0) is 19.2. The highest BCUT2D eigenvalue weighted by Gasteiger charge is 2.23. The molecule has 1 saturated carbocycles. The van der Waals surface area contributed by atoms with E-state index in [0.29, 0.717) is 16.5 Å². The Bertz CT molecular complexity index is 785. The number of ether oxygens (including phenoxy) is 1. The summed E-state index contributed by atoms with van der Waals surface area (Å²) in [7, 11) is 0. The van der Waals surface area contributed by atoms with E-state index < -0.39 is 5.97 Å². The number of benzene rings is 2. The molecule has 0 radical (unpaired) electrons. The van der Waals surface area contributed by atoms with Crippen molar-refractivity contribution in [2.45, 2.75) is 37.8 Å². The number of anilines is 1. The maximum atomic E-state index is 12.1. The number of nitrogens with one attached hydrogen (secondary N) is 2. The van der Waals surface area contributed by atoms with E-state index in [0.717, 1.165) is 25.7 Å². The molecule has 0 bridgehead atoms. The number of aromatic carboxylic acids is 1. The van der Waals surface area contributed by atoms with Gasteiger partial charge in [0, 0.05) is 16.8 Å². The van der Waals surface area contributed by atoms with Crippen molar-refractivity contribution < 1.29 is 19.4 Å². The number of urea groups is 1. The summed E-state index contributed by atoms with van der Waals surface area (Å²) in [5.74, 6) is -0.290. The van der Waals surface area contributed by atoms with Crippen LogP contribution in [0.1, 0.15) is 36.0 Å². The molecule has 0 heterocycles. The van der Waals surface area contributed by atoms with Gasteiger partial charge in [0.2, 0.25) is 0 Å². The van der Waals surface area contributed by atoms with Crippen LogP contribution >= 0.6 is 11.6 Å². The summed E-state index contributed by atoms with van der Waals surface area (Å²) in [6.45, 7) is 0. The lowest BCUT2D eigenvalue weighted by atomic mass is 9.93. The van der Waals surface area contributed by atoms with Gasteiger partial charge in [-0.25, -0.2) is 9.59 Å². The van der Waals surface area contributed by atoms with Crippen LogP contribution in [-0.2, 0) is 0 Å². The molecule has 2 amide bonds. The van der Waals surface area contributed by atoms with Crippen molar-refractivity contribution >= 4 is 29.3 Å². The standard InChI is InChI=1S/C20H21ClN2O4/c21-14-3-5-15(6-4-14)22-20(26)23-16-7-11-18(12-8-16)27-17-9-1-13(2-10-17)19(24)25/h1-6,9-10,16,18H,7-8,11-12H2,(H,24,25)(H2,22,23,26). The monoisotopic (exact) mass is 388 g/mol. The van der Waals surface area contributed by atoms with E-state index in [2.05, 4.69) is 10.6 Å². The van der Waals surface area contributed by atoms with E-state index in [1.807, 2.05) is 0 Å². The van der Waals surface area contributed by atoms with Gasteiger partial charge in [-0.05, 0) is 74.2 Å². The van der Waals surface area contributed by atoms with Gasteiger partial charge in [-0.2, -0.15) is 0 Å². The molecule has 0 unspecified atom stereocenters. The average molecular weight is 389 g/mol. The predicted molar refractivity (Wildman–Crippen MR) is 104 cm³/mol. The van der Waals surface area contributed by atoms with E-state index in [1.165, 1.54) is 12.1 Å². The molecule has 3 rings (SSSR count). The number of carboxylic acid groups (broad SMARTS) is 1. The van der Waals surface area contributed by atoms with Gasteiger partial charge in [-0.15, -0.1) is 0 Å². The van der Waals surface area contributed by atoms with E-state index in [9.17, 15) is 9.59 Å². The largest absolute Gasteiger partial charge is 0.490 e. The Labute approximate surface area is 162 Å². The Morgan fingerprint density at radius 1 is 0.963 bits per heavy atom. The van der Waals surface area contributed by atoms with Crippen molar-refractivity contribution in [3.8, 4) is 5.75 Å². The minimum atomic E-state index is -0.954. The Hall–Kier alpha value is -2.73. The lowest BCUT2D eigenvalue weighted by molar-refractivity contribution is 0.0696. The number of rotatable bonds is 5. The molecule has 1 aliphatic carbocycles. The Morgan fingerprint density at radius 3 is 2.19 bits per heavy atom. The number of carboxylic acids is 1. The van der Waals surface area contributed by atoms with Crippen LogP contribution in [0, 0.1) is 0 Å². The third-order valence-corrected chi connectivity index (χ3v) is 4.77. The molecule has 2 aromatic carbocycles. The highest BCUT2D eigenvalue weighted by Crippen LogP contribution is 2.24. The fourth-order valence-electron chi connectivity index (χ4n) is 3.08. The van der Waals surface area contributed by atoms with Crippen molar-refractivity contribution in [2.75, 3.05) is 5.32 Å². The third-order valence-electron chi connectivity index (χ3n) is 4.52. The second kappa shape index (κ2) is 8.77. The molecule has 2 aromatic rings. The van der Waals surface area contributed by atoms with Crippen molar-refractivity contribution in [1.82, 2.24) is 5.32 Å². The fourth-order valence-corrected chi connectivity index (χ4v) is 3.21. The topological polar surface area (TPSA) is 87.7 Å². The van der Waals surface area contributed by atoms with E-state index in [-0.39, 0.29) is 23.7 Å². The average Bonchev–Trinajstić information content (AvgIpc) is 2.66. The highest BCUT2D eigenvalue weighted by molar-refractivity contribution is 6.30. The molecular formula is C20H21ClN2O4. The van der Waals surface area contributed by atoms with Crippen LogP contribution in [0.3, 0.4) is 0 Å². The first kappa shape index (κ1) is 19.0. The minimum absolute atomic E-state index is 0.0676. The fraction of sp³-hybridized carbons (Fsp3) is 0.300. The summed E-state index contributed by atoms with van der Waals surface area (Å²) >= 11 is 5.83. The molecule has 6 nitrogen and oxygen atoms in total. The summed E-state index contributed by atoms with van der Waals surface area (Å²) in [6, 6.07) is 13.2. The van der Waals surface area contributed by atoms with Crippen LogP contribution < -0.4 is 15.4 Å². The van der Waals surface area contributed by atoms with E-state index in [4.69, 9.17) is 21.4 Å². The Morgan fingerprint density at radius 2 is 1.59 bits per heavy atom. The maximum Gasteiger partial charge on any atom is 0.335 e. The molecule has 7 heteroatoms. The lowest BCUT2D eigenvalue weighted by Crippen LogP contribution is -2.41. The molecule has 1 aliphatic rings. The second-order valence-electron chi connectivity index (χ2n) is 6.53. The summed E-state index contributed by atoms with van der Waals surface area (Å²) < 4.78 is 5.92. The zero-order valence-corrected chi connectivity index (χ0v) is 15.4. The van der Waals surface area contributed by atoms with Crippen molar-refractivity contribution in [1.29, 1.82) is 0 Å². The van der Waals surface area contributed by atoms with Gasteiger partial charge in [0.05, 0.1) is 11.7 Å². The molecule has 27 heavy (non-hydrogen) atoms. The number of hydrogen-bond acceptors (Lipinski definition) is 3. The number of carbonyl (C=O) groups excluding carboxylic acids is 1. The molecule has 0 aromatic heterocycles. The van der Waals surface area contributed by atoms with Crippen LogP contribution in [-0.4, -0.2) is 29.3 Å². The van der Waals surface area contributed by atoms with Crippen LogP contribution in [0.5, 0.6) is 5.75 Å². The smallest absolute Gasteiger partial charge is 0.335 e. The lowest BCUT2D eigenvalue weighted by Gasteiger charge is -2.29. The quantitative estimate of drug-likeness (QED) is 0.701. The molecule has 1 fully saturated rings. The van der Waals surface area contributed by atoms with Gasteiger partial charge in [0.1, 0.15) is 5.75 Å². The third kappa shape index (κ3) is 5.62. The minimum Gasteiger partial charge on any atom is -0.490 e. The second-order valence-corrected chi connectivity index (χ2v) is 6.96. The molecule has 0 saturated heterocycles. The Kier molecular flexibility index (Phi) is 6.19. The highest BCUT2D eigenvalue weighted by atomic mass is 35.5. The van der Waals surface area contributed by atoms with Crippen molar-refractivity contribution in [2.24, 2.45) is 0 Å². The number of amides is 2. The van der Waals surface area contributed by atoms with Gasteiger partial charge in [0.25, 0.3) is 0 Å². The number of carbonyl (C=O) groups is 2. The summed E-state index contributed by atoms with van der Waals surface area (Å²) in [4.78, 5) is 23.0. The zero-order valence-electron chi connectivity index (χ0n) is 14.7. The van der Waals surface area contributed by atoms with Crippen LogP contribution in [0.25, 0.3) is 0 Å². The number of hydrogen-bond donors (Lipinski definition) is 3. The molecular weight excluding hydrogens is 368 g/mol. The van der Waals surface area contributed by atoms with Gasteiger partial charge in [-0.3, -0.25) is 0 Å². The summed E-state index contributed by atoms with van der Waals surface area (Å²) in [5, 5.41) is 15.3. The summed E-state index contributed by atoms with van der Waals surface area (Å²) in [5.41, 5.74) is 0.931. The van der Waals surface area contributed by atoms with Crippen LogP contribution in [0.4, 0.5) is 10.5 Å². The molecule has 0 spiro atoms. The van der Waals surface area contributed by atoms with E-state index >= 15 is 0 Å². The predicted octanol–water partition coefficient (Wildman–Crippen LogP) is 4.55. The summed E-state index contributed by atoms with van der Waals surface area (Å²) in [6.07, 6.45) is 3.37. The van der Waals surface area contributed by atoms with Gasteiger partial charge in [-0.1, -0.05) is 11.6 Å². The van der Waals surface area contributed by atoms with Crippen molar-refractivity contribution in [3.05, 3.63) is 59.1 Å². The van der Waals surface area contributed by atoms with Gasteiger partial charge >= 0.3 is 12.0 Å².